The minimum Gasteiger partial charge on any atom is -0.383 e. The minimum absolute atomic E-state index is 0.574. The zero-order valence-corrected chi connectivity index (χ0v) is 8.58. The summed E-state index contributed by atoms with van der Waals surface area (Å²) in [7, 11) is 0. The van der Waals surface area contributed by atoms with Crippen molar-refractivity contribution < 1.29 is 10.2 Å². The Kier molecular flexibility index (Phi) is 3.36. The van der Waals surface area contributed by atoms with E-state index in [9.17, 15) is 5.11 Å². The molecular weight excluding hydrogens is 184 g/mol. The van der Waals surface area contributed by atoms with Gasteiger partial charge in [-0.3, -0.25) is 0 Å². The molecule has 0 heterocycles. The van der Waals surface area contributed by atoms with Crippen molar-refractivity contribution in [3.63, 3.8) is 0 Å². The second-order valence-electron chi connectivity index (χ2n) is 3.07. The summed E-state index contributed by atoms with van der Waals surface area (Å²) in [5.74, 6) is 0. The van der Waals surface area contributed by atoms with Gasteiger partial charge in [-0.05, 0) is 19.4 Å². The van der Waals surface area contributed by atoms with Crippen LogP contribution in [0.4, 0.5) is 0 Å². The zero-order valence-electron chi connectivity index (χ0n) is 7.77. The van der Waals surface area contributed by atoms with Crippen molar-refractivity contribution in [2.75, 3.05) is 0 Å². The lowest BCUT2D eigenvalue weighted by Crippen LogP contribution is -2.19. The number of thioether (sulfide) groups is 1. The molecule has 1 aromatic rings. The van der Waals surface area contributed by atoms with Gasteiger partial charge in [0.15, 0.2) is 0 Å². The topological polar surface area (TPSA) is 40.5 Å². The van der Waals surface area contributed by atoms with Gasteiger partial charge < -0.3 is 10.2 Å². The second-order valence-corrected chi connectivity index (χ2v) is 4.78. The summed E-state index contributed by atoms with van der Waals surface area (Å²) in [5.41, 5.74) is 0.233. The van der Waals surface area contributed by atoms with Gasteiger partial charge in [0, 0.05) is 0 Å². The van der Waals surface area contributed by atoms with E-state index >= 15 is 0 Å². The minimum atomic E-state index is -1.02. The van der Waals surface area contributed by atoms with Crippen LogP contribution in [0, 0.1) is 0 Å². The number of hydrogen-bond donors (Lipinski definition) is 2. The molecule has 0 spiro atoms. The van der Waals surface area contributed by atoms with Crippen LogP contribution in [0.2, 0.25) is 0 Å². The number of rotatable bonds is 3. The average molecular weight is 198 g/mol. The lowest BCUT2D eigenvalue weighted by Gasteiger charge is -2.24. The van der Waals surface area contributed by atoms with Crippen molar-refractivity contribution in [3.8, 4) is 0 Å². The zero-order chi connectivity index (χ0) is 9.90. The van der Waals surface area contributed by atoms with E-state index in [2.05, 4.69) is 0 Å². The predicted octanol–water partition coefficient (Wildman–Crippen LogP) is 1.92. The maximum atomic E-state index is 9.96. The molecule has 0 aromatic heterocycles. The van der Waals surface area contributed by atoms with Crippen LogP contribution in [0.15, 0.2) is 30.3 Å². The third-order valence-electron chi connectivity index (χ3n) is 1.71. The maximum absolute atomic E-state index is 9.96. The van der Waals surface area contributed by atoms with E-state index in [1.54, 1.807) is 13.8 Å². The van der Waals surface area contributed by atoms with E-state index < -0.39 is 10.4 Å². The van der Waals surface area contributed by atoms with Crippen LogP contribution in [0.25, 0.3) is 0 Å². The highest BCUT2D eigenvalue weighted by Gasteiger charge is 2.25. The van der Waals surface area contributed by atoms with Crippen molar-refractivity contribution in [3.05, 3.63) is 35.9 Å². The number of benzene rings is 1. The Morgan fingerprint density at radius 1 is 1.31 bits per heavy atom. The molecule has 3 heteroatoms. The summed E-state index contributed by atoms with van der Waals surface area (Å²) in [6.45, 7) is 3.32. The summed E-state index contributed by atoms with van der Waals surface area (Å²) >= 11 is 1.12. The first kappa shape index (κ1) is 10.6. The van der Waals surface area contributed by atoms with Gasteiger partial charge in [0.2, 0.25) is 0 Å². The van der Waals surface area contributed by atoms with Crippen molar-refractivity contribution >= 4 is 11.8 Å². The van der Waals surface area contributed by atoms with Crippen molar-refractivity contribution in [2.45, 2.75) is 24.2 Å². The number of aliphatic hydroxyl groups excluding tert-OH is 1. The Morgan fingerprint density at radius 2 is 1.85 bits per heavy atom. The van der Waals surface area contributed by atoms with Crippen molar-refractivity contribution in [1.29, 1.82) is 0 Å². The lowest BCUT2D eigenvalue weighted by atomic mass is 10.1. The van der Waals surface area contributed by atoms with Crippen LogP contribution in [-0.2, 0) is 4.93 Å². The molecule has 0 amide bonds. The number of aliphatic hydroxyl groups is 2. The Labute approximate surface area is 82.6 Å². The Bertz CT molecular complexity index is 257. The molecule has 2 unspecified atom stereocenters. The Hall–Kier alpha value is -0.510. The monoisotopic (exact) mass is 198 g/mol. The first-order valence-electron chi connectivity index (χ1n) is 4.16. The Morgan fingerprint density at radius 3 is 2.31 bits per heavy atom. The van der Waals surface area contributed by atoms with Crippen LogP contribution >= 0.6 is 11.8 Å². The molecule has 0 radical (unpaired) electrons. The van der Waals surface area contributed by atoms with Gasteiger partial charge in [0.05, 0.1) is 5.44 Å². The van der Waals surface area contributed by atoms with E-state index in [4.69, 9.17) is 5.11 Å². The highest BCUT2D eigenvalue weighted by Crippen LogP contribution is 2.34. The summed E-state index contributed by atoms with van der Waals surface area (Å²) in [5, 5.41) is 19.1. The summed E-state index contributed by atoms with van der Waals surface area (Å²) < 4.78 is 0. The van der Waals surface area contributed by atoms with Gasteiger partial charge in [0.25, 0.3) is 0 Å². The average Bonchev–Trinajstić information content (AvgIpc) is 2.04. The first-order valence-corrected chi connectivity index (χ1v) is 5.04. The predicted molar refractivity (Wildman–Crippen MR) is 55.3 cm³/mol. The fourth-order valence-electron chi connectivity index (χ4n) is 1.15. The molecule has 72 valence electrons. The molecule has 0 bridgehead atoms. The summed E-state index contributed by atoms with van der Waals surface area (Å²) in [6.07, 6.45) is 0. The van der Waals surface area contributed by atoms with Gasteiger partial charge in [-0.25, -0.2) is 0 Å². The van der Waals surface area contributed by atoms with Crippen LogP contribution in [0.3, 0.4) is 0 Å². The molecule has 0 aliphatic heterocycles. The smallest absolute Gasteiger partial charge is 0.135 e. The molecule has 2 nitrogen and oxygen atoms in total. The molecule has 0 aliphatic rings. The molecule has 13 heavy (non-hydrogen) atoms. The van der Waals surface area contributed by atoms with Gasteiger partial charge in [-0.2, -0.15) is 0 Å². The van der Waals surface area contributed by atoms with Crippen LogP contribution in [0.1, 0.15) is 19.4 Å². The molecule has 0 saturated heterocycles. The van der Waals surface area contributed by atoms with Gasteiger partial charge in [0.1, 0.15) is 4.93 Å². The van der Waals surface area contributed by atoms with Crippen LogP contribution in [-0.4, -0.2) is 15.6 Å². The maximum Gasteiger partial charge on any atom is 0.135 e. The molecular formula is C10H14O2S. The molecule has 1 aromatic carbocycles. The van der Waals surface area contributed by atoms with Gasteiger partial charge >= 0.3 is 0 Å². The van der Waals surface area contributed by atoms with Crippen LogP contribution in [0.5, 0.6) is 0 Å². The van der Waals surface area contributed by atoms with Gasteiger partial charge in [-0.15, -0.1) is 0 Å². The number of hydrogen-bond acceptors (Lipinski definition) is 3. The van der Waals surface area contributed by atoms with E-state index in [1.807, 2.05) is 30.3 Å². The molecule has 1 rings (SSSR count). The van der Waals surface area contributed by atoms with E-state index in [1.165, 1.54) is 0 Å². The highest BCUT2D eigenvalue weighted by atomic mass is 32.2. The largest absolute Gasteiger partial charge is 0.383 e. The van der Waals surface area contributed by atoms with Crippen LogP contribution < -0.4 is 0 Å². The normalized spacial score (nSPS) is 17.8. The molecule has 2 N–H and O–H groups in total. The first-order chi connectivity index (χ1) is 6.02. The van der Waals surface area contributed by atoms with Crippen molar-refractivity contribution in [1.82, 2.24) is 0 Å². The SMILES string of the molecule is CC(O)SC(C)(O)c1ccccc1. The van der Waals surface area contributed by atoms with E-state index in [-0.39, 0.29) is 0 Å². The standard InChI is InChI=1S/C10H14O2S/c1-8(11)13-10(2,12)9-6-4-3-5-7-9/h3-8,11-12H,1-2H3. The fourth-order valence-corrected chi connectivity index (χ4v) is 2.08. The lowest BCUT2D eigenvalue weighted by molar-refractivity contribution is 0.152. The molecule has 2 atom stereocenters. The highest BCUT2D eigenvalue weighted by molar-refractivity contribution is 8.00. The third-order valence-corrected chi connectivity index (χ3v) is 2.75. The van der Waals surface area contributed by atoms with E-state index in [0.717, 1.165) is 17.3 Å². The van der Waals surface area contributed by atoms with Crippen molar-refractivity contribution in [2.24, 2.45) is 0 Å². The molecule has 0 fully saturated rings. The van der Waals surface area contributed by atoms with Gasteiger partial charge in [-0.1, -0.05) is 42.1 Å². The third kappa shape index (κ3) is 3.03. The Balaban J connectivity index is 2.81. The molecule has 0 aliphatic carbocycles. The molecule has 0 saturated carbocycles. The summed E-state index contributed by atoms with van der Waals surface area (Å²) in [4.78, 5) is -1.02. The quantitative estimate of drug-likeness (QED) is 0.729. The second kappa shape index (κ2) is 4.13. The fraction of sp³-hybridized carbons (Fsp3) is 0.400. The summed E-state index contributed by atoms with van der Waals surface area (Å²) in [6, 6.07) is 9.32. The van der Waals surface area contributed by atoms with E-state index in [0.29, 0.717) is 0 Å².